The lowest BCUT2D eigenvalue weighted by atomic mass is 10.1. The fourth-order valence-corrected chi connectivity index (χ4v) is 1.47. The molecule has 0 spiro atoms. The zero-order valence-corrected chi connectivity index (χ0v) is 9.88. The second kappa shape index (κ2) is 5.14. The van der Waals surface area contributed by atoms with Crippen molar-refractivity contribution in [3.8, 4) is 11.5 Å². The summed E-state index contributed by atoms with van der Waals surface area (Å²) in [6.45, 7) is 3.02. The Balaban J connectivity index is 2.11. The van der Waals surface area contributed by atoms with Crippen molar-refractivity contribution in [1.82, 2.24) is 0 Å². The first-order valence-corrected chi connectivity index (χ1v) is 5.49. The van der Waals surface area contributed by atoms with Crippen molar-refractivity contribution in [2.75, 3.05) is 20.3 Å². The van der Waals surface area contributed by atoms with Crippen LogP contribution in [0.1, 0.15) is 18.5 Å². The average Bonchev–Trinajstić information content (AvgIpc) is 3.19. The van der Waals surface area contributed by atoms with Gasteiger partial charge in [0, 0.05) is 0 Å². The Morgan fingerprint density at radius 1 is 1.53 bits per heavy atom. The van der Waals surface area contributed by atoms with Gasteiger partial charge in [0.25, 0.3) is 0 Å². The predicted octanol–water partition coefficient (Wildman–Crippen LogP) is 2.30. The molecule has 0 aromatic heterocycles. The van der Waals surface area contributed by atoms with Crippen LogP contribution in [0.2, 0.25) is 0 Å². The number of epoxide rings is 1. The van der Waals surface area contributed by atoms with Gasteiger partial charge in [-0.1, -0.05) is 11.2 Å². The van der Waals surface area contributed by atoms with Crippen LogP contribution in [0.3, 0.4) is 0 Å². The summed E-state index contributed by atoms with van der Waals surface area (Å²) in [6, 6.07) is 5.00. The van der Waals surface area contributed by atoms with Crippen molar-refractivity contribution < 1.29 is 14.2 Å². The lowest BCUT2D eigenvalue weighted by Gasteiger charge is -2.12. The fourth-order valence-electron chi connectivity index (χ4n) is 1.47. The molecule has 1 aromatic rings. The largest absolute Gasteiger partial charge is 0.493 e. The van der Waals surface area contributed by atoms with Crippen LogP contribution in [0.15, 0.2) is 23.4 Å². The van der Waals surface area contributed by atoms with Gasteiger partial charge in [0.2, 0.25) is 0 Å². The van der Waals surface area contributed by atoms with E-state index < -0.39 is 0 Å². The van der Waals surface area contributed by atoms with Crippen LogP contribution in [0, 0.1) is 4.91 Å². The van der Waals surface area contributed by atoms with Gasteiger partial charge >= 0.3 is 0 Å². The van der Waals surface area contributed by atoms with Crippen molar-refractivity contribution in [2.45, 2.75) is 19.1 Å². The van der Waals surface area contributed by atoms with Crippen LogP contribution in [-0.4, -0.2) is 26.4 Å². The zero-order chi connectivity index (χ0) is 12.3. The molecular weight excluding hydrogens is 222 g/mol. The topological polar surface area (TPSA) is 60.4 Å². The number of methoxy groups -OCH3 is 1. The minimum Gasteiger partial charge on any atom is -0.493 e. The van der Waals surface area contributed by atoms with Crippen molar-refractivity contribution in [2.24, 2.45) is 5.18 Å². The first kappa shape index (κ1) is 11.9. The molecule has 0 saturated carbocycles. The van der Waals surface area contributed by atoms with Gasteiger partial charge in [-0.05, 0) is 24.6 Å². The second-order valence-corrected chi connectivity index (χ2v) is 3.96. The number of ether oxygens (including phenoxy) is 3. The number of nitroso groups, excluding NO2 is 1. The summed E-state index contributed by atoms with van der Waals surface area (Å²) in [7, 11) is 1.57. The van der Waals surface area contributed by atoms with E-state index in [4.69, 9.17) is 14.2 Å². The molecule has 5 heteroatoms. The Morgan fingerprint density at radius 2 is 2.29 bits per heavy atom. The van der Waals surface area contributed by atoms with Crippen LogP contribution < -0.4 is 9.47 Å². The maximum Gasteiger partial charge on any atom is 0.161 e. The molecule has 2 atom stereocenters. The van der Waals surface area contributed by atoms with E-state index in [1.165, 1.54) is 0 Å². The molecule has 2 rings (SSSR count). The van der Waals surface area contributed by atoms with Crippen LogP contribution in [0.4, 0.5) is 0 Å². The predicted molar refractivity (Wildman–Crippen MR) is 62.4 cm³/mol. The lowest BCUT2D eigenvalue weighted by Crippen LogP contribution is -2.05. The summed E-state index contributed by atoms with van der Waals surface area (Å²) in [5, 5.41) is 2.98. The monoisotopic (exact) mass is 237 g/mol. The molecule has 1 fully saturated rings. The van der Waals surface area contributed by atoms with Crippen LogP contribution in [-0.2, 0) is 4.74 Å². The molecule has 1 saturated heterocycles. The molecule has 92 valence electrons. The van der Waals surface area contributed by atoms with E-state index in [1.807, 2.05) is 6.07 Å². The highest BCUT2D eigenvalue weighted by atomic mass is 16.6. The van der Waals surface area contributed by atoms with Gasteiger partial charge in [0.15, 0.2) is 11.5 Å². The minimum absolute atomic E-state index is 0.204. The van der Waals surface area contributed by atoms with E-state index in [2.05, 4.69) is 5.18 Å². The van der Waals surface area contributed by atoms with Gasteiger partial charge in [-0.25, -0.2) is 0 Å². The summed E-state index contributed by atoms with van der Waals surface area (Å²) >= 11 is 0. The van der Waals surface area contributed by atoms with Crippen molar-refractivity contribution in [3.63, 3.8) is 0 Å². The molecule has 1 aromatic carbocycles. The molecular formula is C12H15NO4. The highest BCUT2D eigenvalue weighted by molar-refractivity contribution is 5.43. The normalized spacial score (nSPS) is 19.5. The highest BCUT2D eigenvalue weighted by Crippen LogP contribution is 2.31. The fraction of sp³-hybridized carbons (Fsp3) is 0.500. The van der Waals surface area contributed by atoms with E-state index in [1.54, 1.807) is 26.2 Å². The molecule has 0 bridgehead atoms. The zero-order valence-electron chi connectivity index (χ0n) is 9.88. The molecule has 2 unspecified atom stereocenters. The van der Waals surface area contributed by atoms with Gasteiger partial charge in [-0.2, -0.15) is 4.91 Å². The molecule has 0 radical (unpaired) electrons. The summed E-state index contributed by atoms with van der Waals surface area (Å²) < 4.78 is 15.8. The number of benzene rings is 1. The molecule has 17 heavy (non-hydrogen) atoms. The Kier molecular flexibility index (Phi) is 3.58. The number of hydrogen-bond donors (Lipinski definition) is 0. The van der Waals surface area contributed by atoms with Crippen LogP contribution in [0.25, 0.3) is 0 Å². The quantitative estimate of drug-likeness (QED) is 0.562. The summed E-state index contributed by atoms with van der Waals surface area (Å²) in [5.41, 5.74) is 0.812. The highest BCUT2D eigenvalue weighted by Gasteiger charge is 2.23. The molecule has 5 nitrogen and oxygen atoms in total. The van der Waals surface area contributed by atoms with E-state index in [9.17, 15) is 4.91 Å². The Hall–Kier alpha value is -1.62. The first-order valence-electron chi connectivity index (χ1n) is 5.49. The molecule has 0 N–H and O–H groups in total. The average molecular weight is 237 g/mol. The maximum absolute atomic E-state index is 10.5. The number of rotatable bonds is 6. The molecule has 1 aliphatic heterocycles. The van der Waals surface area contributed by atoms with Gasteiger partial charge in [0.05, 0.1) is 13.7 Å². The van der Waals surface area contributed by atoms with Crippen molar-refractivity contribution >= 4 is 0 Å². The lowest BCUT2D eigenvalue weighted by molar-refractivity contribution is 0.252. The van der Waals surface area contributed by atoms with Gasteiger partial charge in [-0.15, -0.1) is 0 Å². The SMILES string of the molecule is COc1cc(C(C)N=O)ccc1OCC1CO1. The third-order valence-corrected chi connectivity index (χ3v) is 2.66. The Morgan fingerprint density at radius 3 is 2.88 bits per heavy atom. The summed E-state index contributed by atoms with van der Waals surface area (Å²) in [4.78, 5) is 10.5. The van der Waals surface area contributed by atoms with Gasteiger partial charge in [0.1, 0.15) is 18.8 Å². The number of nitrogens with zero attached hydrogens (tertiary/aromatic N) is 1. The van der Waals surface area contributed by atoms with Gasteiger partial charge in [-0.3, -0.25) is 0 Å². The van der Waals surface area contributed by atoms with E-state index in [0.717, 1.165) is 12.2 Å². The number of hydrogen-bond acceptors (Lipinski definition) is 5. The molecule has 0 aliphatic carbocycles. The standard InChI is InChI=1S/C12H15NO4/c1-8(13-14)9-3-4-11(12(5-9)15-2)17-7-10-6-16-10/h3-5,8,10H,6-7H2,1-2H3. The minimum atomic E-state index is -0.385. The van der Waals surface area contributed by atoms with E-state index >= 15 is 0 Å². The molecule has 1 aliphatic rings. The van der Waals surface area contributed by atoms with Crippen LogP contribution >= 0.6 is 0 Å². The summed E-state index contributed by atoms with van der Waals surface area (Å²) in [5.74, 6) is 1.27. The first-order chi connectivity index (χ1) is 8.24. The third kappa shape index (κ3) is 2.94. The van der Waals surface area contributed by atoms with Crippen molar-refractivity contribution in [1.29, 1.82) is 0 Å². The van der Waals surface area contributed by atoms with E-state index in [-0.39, 0.29) is 12.1 Å². The third-order valence-electron chi connectivity index (χ3n) is 2.66. The van der Waals surface area contributed by atoms with Gasteiger partial charge < -0.3 is 14.2 Å². The van der Waals surface area contributed by atoms with Crippen molar-refractivity contribution in [3.05, 3.63) is 28.7 Å². The van der Waals surface area contributed by atoms with Crippen LogP contribution in [0.5, 0.6) is 11.5 Å². The Bertz CT molecular complexity index is 403. The summed E-state index contributed by atoms with van der Waals surface area (Å²) in [6.07, 6.45) is 0.204. The maximum atomic E-state index is 10.5. The second-order valence-electron chi connectivity index (χ2n) is 3.96. The molecule has 1 heterocycles. The molecule has 0 amide bonds. The smallest absolute Gasteiger partial charge is 0.161 e. The van der Waals surface area contributed by atoms with E-state index in [0.29, 0.717) is 18.1 Å². The Labute approximate surface area is 99.7 Å².